The molecule has 1 rings (SSSR count). The second-order valence-corrected chi connectivity index (χ2v) is 3.58. The molecule has 0 aliphatic rings. The topological polar surface area (TPSA) is 48.3 Å². The molecule has 0 fully saturated rings. The molecule has 5 heteroatoms. The molecule has 1 aromatic rings. The predicted octanol–water partition coefficient (Wildman–Crippen LogP) is 0.727. The van der Waals surface area contributed by atoms with Gasteiger partial charge in [-0.3, -0.25) is 0 Å². The molecule has 0 aliphatic carbocycles. The summed E-state index contributed by atoms with van der Waals surface area (Å²) >= 11 is 0. The van der Waals surface area contributed by atoms with E-state index in [0.29, 0.717) is 6.61 Å². The van der Waals surface area contributed by atoms with E-state index in [0.717, 1.165) is 36.6 Å². The van der Waals surface area contributed by atoms with Crippen LogP contribution in [-0.4, -0.2) is 37.2 Å². The molecule has 0 bridgehead atoms. The molecule has 0 aliphatic heterocycles. The predicted molar refractivity (Wildman–Crippen MR) is 62.7 cm³/mol. The van der Waals surface area contributed by atoms with Crippen LogP contribution in [0.1, 0.15) is 18.2 Å². The number of nitrogens with one attached hydrogen (secondary N) is 1. The highest BCUT2D eigenvalue weighted by molar-refractivity contribution is 5.31. The first-order valence-electron chi connectivity index (χ1n) is 5.53. The van der Waals surface area contributed by atoms with Crippen molar-refractivity contribution in [1.29, 1.82) is 0 Å². The van der Waals surface area contributed by atoms with Gasteiger partial charge >= 0.3 is 0 Å². The number of rotatable bonds is 7. The zero-order valence-electron chi connectivity index (χ0n) is 10.5. The molecule has 0 spiro atoms. The van der Waals surface area contributed by atoms with Gasteiger partial charge in [-0.15, -0.1) is 0 Å². The van der Waals surface area contributed by atoms with Gasteiger partial charge in [0.25, 0.3) is 0 Å². The minimum Gasteiger partial charge on any atom is -0.481 e. The van der Waals surface area contributed by atoms with Crippen LogP contribution in [0, 0.1) is 0 Å². The molecule has 0 aromatic carbocycles. The van der Waals surface area contributed by atoms with E-state index in [1.165, 1.54) is 0 Å². The highest BCUT2D eigenvalue weighted by Gasteiger charge is 2.14. The van der Waals surface area contributed by atoms with Gasteiger partial charge in [-0.25, -0.2) is 4.68 Å². The van der Waals surface area contributed by atoms with Crippen LogP contribution < -0.4 is 10.1 Å². The van der Waals surface area contributed by atoms with Gasteiger partial charge in [-0.1, -0.05) is 6.92 Å². The molecule has 0 saturated heterocycles. The monoisotopic (exact) mass is 227 g/mol. The Morgan fingerprint density at radius 1 is 1.38 bits per heavy atom. The van der Waals surface area contributed by atoms with Crippen LogP contribution >= 0.6 is 0 Å². The number of nitrogens with zero attached hydrogens (tertiary/aromatic N) is 2. The van der Waals surface area contributed by atoms with Crippen LogP contribution in [0.2, 0.25) is 0 Å². The summed E-state index contributed by atoms with van der Waals surface area (Å²) in [6, 6.07) is 0. The molecule has 0 atom stereocenters. The number of hydrogen-bond donors (Lipinski definition) is 1. The minimum absolute atomic E-state index is 0.712. The first-order chi connectivity index (χ1) is 7.74. The lowest BCUT2D eigenvalue weighted by molar-refractivity contribution is 0.199. The van der Waals surface area contributed by atoms with Crippen LogP contribution in [0.4, 0.5) is 0 Å². The molecule has 16 heavy (non-hydrogen) atoms. The normalized spacial score (nSPS) is 10.8. The summed E-state index contributed by atoms with van der Waals surface area (Å²) in [7, 11) is 5.27. The lowest BCUT2D eigenvalue weighted by atomic mass is 10.2. The van der Waals surface area contributed by atoms with E-state index in [2.05, 4.69) is 17.3 Å². The molecule has 1 aromatic heterocycles. The number of ether oxygens (including phenoxy) is 2. The van der Waals surface area contributed by atoms with E-state index in [1.807, 2.05) is 7.05 Å². The summed E-state index contributed by atoms with van der Waals surface area (Å²) in [5, 5.41) is 7.73. The smallest absolute Gasteiger partial charge is 0.216 e. The number of aryl methyl sites for hydroxylation is 2. The van der Waals surface area contributed by atoms with Crippen molar-refractivity contribution in [3.8, 4) is 5.88 Å². The maximum atomic E-state index is 5.34. The maximum Gasteiger partial charge on any atom is 0.216 e. The quantitative estimate of drug-likeness (QED) is 0.698. The Hall–Kier alpha value is -1.07. The molecule has 0 saturated carbocycles. The summed E-state index contributed by atoms with van der Waals surface area (Å²) < 4.78 is 12.1. The van der Waals surface area contributed by atoms with Crippen molar-refractivity contribution < 1.29 is 9.47 Å². The van der Waals surface area contributed by atoms with Crippen LogP contribution in [0.3, 0.4) is 0 Å². The highest BCUT2D eigenvalue weighted by atomic mass is 16.5. The third kappa shape index (κ3) is 2.96. The molecule has 5 nitrogen and oxygen atoms in total. The minimum atomic E-state index is 0.712. The first-order valence-corrected chi connectivity index (χ1v) is 5.53. The molecular weight excluding hydrogens is 206 g/mol. The zero-order chi connectivity index (χ0) is 12.0. The van der Waals surface area contributed by atoms with E-state index < -0.39 is 0 Å². The van der Waals surface area contributed by atoms with E-state index in [9.17, 15) is 0 Å². The van der Waals surface area contributed by atoms with Crippen LogP contribution in [0.15, 0.2) is 0 Å². The average molecular weight is 227 g/mol. The largest absolute Gasteiger partial charge is 0.481 e. The van der Waals surface area contributed by atoms with Gasteiger partial charge in [-0.2, -0.15) is 5.10 Å². The SMILES string of the molecule is CCc1nn(C)c(OC)c1CNCCOC. The van der Waals surface area contributed by atoms with Crippen LogP contribution in [0.5, 0.6) is 5.88 Å². The Balaban J connectivity index is 2.68. The standard InChI is InChI=1S/C11H21N3O2/c1-5-10-9(8-12-6-7-15-3)11(16-4)14(2)13-10/h12H,5-8H2,1-4H3. The summed E-state index contributed by atoms with van der Waals surface area (Å²) in [4.78, 5) is 0. The molecule has 0 amide bonds. The van der Waals surface area contributed by atoms with Gasteiger partial charge in [0, 0.05) is 27.2 Å². The first kappa shape index (κ1) is 13.0. The Bertz CT molecular complexity index is 323. The molecule has 0 unspecified atom stereocenters. The van der Waals surface area contributed by atoms with Crippen molar-refractivity contribution in [2.75, 3.05) is 27.4 Å². The highest BCUT2D eigenvalue weighted by Crippen LogP contribution is 2.21. The van der Waals surface area contributed by atoms with E-state index in [4.69, 9.17) is 9.47 Å². The second-order valence-electron chi connectivity index (χ2n) is 3.58. The molecule has 0 radical (unpaired) electrons. The fraction of sp³-hybridized carbons (Fsp3) is 0.727. The van der Waals surface area contributed by atoms with Crippen LogP contribution in [0.25, 0.3) is 0 Å². The Morgan fingerprint density at radius 2 is 2.12 bits per heavy atom. The Kier molecular flexibility index (Phi) is 5.28. The summed E-state index contributed by atoms with van der Waals surface area (Å²) in [5.41, 5.74) is 2.23. The second kappa shape index (κ2) is 6.50. The maximum absolute atomic E-state index is 5.34. The number of methoxy groups -OCH3 is 2. The number of aromatic nitrogens is 2. The van der Waals surface area contributed by atoms with E-state index >= 15 is 0 Å². The molecule has 92 valence electrons. The third-order valence-electron chi connectivity index (χ3n) is 2.48. The molecular formula is C11H21N3O2. The van der Waals surface area contributed by atoms with Gasteiger partial charge in [0.1, 0.15) is 0 Å². The summed E-state index contributed by atoms with van der Waals surface area (Å²) in [5.74, 6) is 0.835. The fourth-order valence-corrected chi connectivity index (χ4v) is 1.71. The van der Waals surface area contributed by atoms with Crippen LogP contribution in [-0.2, 0) is 24.8 Å². The van der Waals surface area contributed by atoms with Gasteiger partial charge in [0.2, 0.25) is 5.88 Å². The van der Waals surface area contributed by atoms with Gasteiger partial charge in [-0.05, 0) is 6.42 Å². The zero-order valence-corrected chi connectivity index (χ0v) is 10.5. The van der Waals surface area contributed by atoms with Crippen molar-refractivity contribution in [1.82, 2.24) is 15.1 Å². The molecule has 1 heterocycles. The van der Waals surface area contributed by atoms with Crippen molar-refractivity contribution in [3.05, 3.63) is 11.3 Å². The van der Waals surface area contributed by atoms with Crippen molar-refractivity contribution in [2.24, 2.45) is 7.05 Å². The van der Waals surface area contributed by atoms with Crippen molar-refractivity contribution in [2.45, 2.75) is 19.9 Å². The van der Waals surface area contributed by atoms with Crippen molar-refractivity contribution in [3.63, 3.8) is 0 Å². The van der Waals surface area contributed by atoms with Gasteiger partial charge < -0.3 is 14.8 Å². The fourth-order valence-electron chi connectivity index (χ4n) is 1.71. The number of hydrogen-bond acceptors (Lipinski definition) is 4. The third-order valence-corrected chi connectivity index (χ3v) is 2.48. The molecule has 1 N–H and O–H groups in total. The lowest BCUT2D eigenvalue weighted by Crippen LogP contribution is -2.19. The Labute approximate surface area is 96.7 Å². The van der Waals surface area contributed by atoms with Crippen molar-refractivity contribution >= 4 is 0 Å². The summed E-state index contributed by atoms with van der Waals surface area (Å²) in [6.45, 7) is 4.41. The average Bonchev–Trinajstić information content (AvgIpc) is 2.60. The lowest BCUT2D eigenvalue weighted by Gasteiger charge is -2.06. The Morgan fingerprint density at radius 3 is 2.69 bits per heavy atom. The van der Waals surface area contributed by atoms with Gasteiger partial charge in [0.05, 0.1) is 25.0 Å². The van der Waals surface area contributed by atoms with E-state index in [1.54, 1.807) is 18.9 Å². The van der Waals surface area contributed by atoms with E-state index in [-0.39, 0.29) is 0 Å². The van der Waals surface area contributed by atoms with Gasteiger partial charge in [0.15, 0.2) is 0 Å². The summed E-state index contributed by atoms with van der Waals surface area (Å²) in [6.07, 6.45) is 0.915.